The molecule has 6 heteroatoms. The summed E-state index contributed by atoms with van der Waals surface area (Å²) in [5.74, 6) is -0.105. The molecule has 132 valence electrons. The lowest BCUT2D eigenvalue weighted by Crippen LogP contribution is -2.33. The van der Waals surface area contributed by atoms with E-state index in [0.717, 1.165) is 11.6 Å². The van der Waals surface area contributed by atoms with Gasteiger partial charge in [0, 0.05) is 18.7 Å². The number of hydrogen-bond donors (Lipinski definition) is 0. The molecule has 0 saturated carbocycles. The minimum absolute atomic E-state index is 0.105. The zero-order chi connectivity index (χ0) is 18.1. The fourth-order valence-corrected chi connectivity index (χ4v) is 3.25. The van der Waals surface area contributed by atoms with Crippen molar-refractivity contribution >= 4 is 5.82 Å². The molecule has 26 heavy (non-hydrogen) atoms. The zero-order valence-electron chi connectivity index (χ0n) is 13.9. The SMILES string of the molecule is FC(F)(F)c1cc(-c2ccccc2)nnc1N1CCc2ccccc2C1. The summed E-state index contributed by atoms with van der Waals surface area (Å²) in [5.41, 5.74) is 2.29. The molecule has 0 aliphatic carbocycles. The van der Waals surface area contributed by atoms with Gasteiger partial charge in [-0.05, 0) is 23.6 Å². The Hall–Kier alpha value is -2.89. The maximum atomic E-state index is 13.7. The number of nitrogens with zero attached hydrogens (tertiary/aromatic N) is 3. The van der Waals surface area contributed by atoms with Crippen LogP contribution in [-0.4, -0.2) is 16.7 Å². The first-order valence-corrected chi connectivity index (χ1v) is 8.34. The Morgan fingerprint density at radius 2 is 1.54 bits per heavy atom. The molecular formula is C20H16F3N3. The van der Waals surface area contributed by atoms with Crippen LogP contribution in [0.5, 0.6) is 0 Å². The molecule has 0 amide bonds. The molecule has 3 nitrogen and oxygen atoms in total. The molecule has 0 unspecified atom stereocenters. The van der Waals surface area contributed by atoms with Crippen LogP contribution in [0.25, 0.3) is 11.3 Å². The molecule has 0 radical (unpaired) electrons. The van der Waals surface area contributed by atoms with Gasteiger partial charge in [0.15, 0.2) is 5.82 Å². The molecular weight excluding hydrogens is 339 g/mol. The predicted octanol–water partition coefficient (Wildman–Crippen LogP) is 4.73. The summed E-state index contributed by atoms with van der Waals surface area (Å²) < 4.78 is 41.1. The second-order valence-corrected chi connectivity index (χ2v) is 6.27. The third kappa shape index (κ3) is 3.14. The summed E-state index contributed by atoms with van der Waals surface area (Å²) in [5, 5.41) is 8.04. The minimum atomic E-state index is -4.49. The number of hydrogen-bond acceptors (Lipinski definition) is 3. The summed E-state index contributed by atoms with van der Waals surface area (Å²) >= 11 is 0. The van der Waals surface area contributed by atoms with Gasteiger partial charge in [0.05, 0.1) is 5.69 Å². The van der Waals surface area contributed by atoms with Crippen LogP contribution in [0.2, 0.25) is 0 Å². The Bertz CT molecular complexity index is 923. The number of rotatable bonds is 2. The standard InChI is InChI=1S/C20H16F3N3/c21-20(22,23)17-12-18(15-7-2-1-3-8-15)24-25-19(17)26-11-10-14-6-4-5-9-16(14)13-26/h1-9,12H,10-11,13H2. The fourth-order valence-electron chi connectivity index (χ4n) is 3.25. The van der Waals surface area contributed by atoms with Crippen molar-refractivity contribution in [3.05, 3.63) is 77.4 Å². The van der Waals surface area contributed by atoms with Gasteiger partial charge in [-0.15, -0.1) is 10.2 Å². The van der Waals surface area contributed by atoms with Crippen LogP contribution in [0, 0.1) is 0 Å². The second-order valence-electron chi connectivity index (χ2n) is 6.27. The molecule has 1 aliphatic heterocycles. The number of fused-ring (bicyclic) bond motifs is 1. The predicted molar refractivity (Wildman–Crippen MR) is 93.7 cm³/mol. The zero-order valence-corrected chi connectivity index (χ0v) is 13.9. The quantitative estimate of drug-likeness (QED) is 0.666. The summed E-state index contributed by atoms with van der Waals surface area (Å²) in [6, 6.07) is 17.7. The van der Waals surface area contributed by atoms with Crippen LogP contribution in [0.4, 0.5) is 19.0 Å². The van der Waals surface area contributed by atoms with Gasteiger partial charge in [-0.25, -0.2) is 0 Å². The van der Waals surface area contributed by atoms with E-state index in [2.05, 4.69) is 10.2 Å². The molecule has 3 aromatic rings. The molecule has 0 saturated heterocycles. The fraction of sp³-hybridized carbons (Fsp3) is 0.200. The van der Waals surface area contributed by atoms with Gasteiger partial charge < -0.3 is 4.90 Å². The van der Waals surface area contributed by atoms with E-state index in [1.165, 1.54) is 5.56 Å². The lowest BCUT2D eigenvalue weighted by atomic mass is 9.99. The molecule has 1 aromatic heterocycles. The first-order valence-electron chi connectivity index (χ1n) is 8.34. The third-order valence-corrected chi connectivity index (χ3v) is 4.58. The van der Waals surface area contributed by atoms with Crippen molar-refractivity contribution < 1.29 is 13.2 Å². The van der Waals surface area contributed by atoms with E-state index in [1.807, 2.05) is 24.3 Å². The highest BCUT2D eigenvalue weighted by Gasteiger charge is 2.37. The normalized spacial score (nSPS) is 14.2. The topological polar surface area (TPSA) is 29.0 Å². The molecule has 2 aromatic carbocycles. The van der Waals surface area contributed by atoms with Crippen molar-refractivity contribution in [1.82, 2.24) is 10.2 Å². The van der Waals surface area contributed by atoms with E-state index in [4.69, 9.17) is 0 Å². The molecule has 4 rings (SSSR count). The first-order chi connectivity index (χ1) is 12.5. The summed E-state index contributed by atoms with van der Waals surface area (Å²) in [6.45, 7) is 0.887. The van der Waals surface area contributed by atoms with Gasteiger partial charge >= 0.3 is 6.18 Å². The monoisotopic (exact) mass is 355 g/mol. The van der Waals surface area contributed by atoms with Crippen LogP contribution in [0.1, 0.15) is 16.7 Å². The average Bonchev–Trinajstić information content (AvgIpc) is 2.67. The Morgan fingerprint density at radius 3 is 2.27 bits per heavy atom. The molecule has 0 spiro atoms. The summed E-state index contributed by atoms with van der Waals surface area (Å²) in [4.78, 5) is 1.66. The van der Waals surface area contributed by atoms with Crippen LogP contribution in [-0.2, 0) is 19.1 Å². The van der Waals surface area contributed by atoms with Crippen molar-refractivity contribution in [2.75, 3.05) is 11.4 Å². The van der Waals surface area contributed by atoms with Crippen molar-refractivity contribution in [3.63, 3.8) is 0 Å². The number of benzene rings is 2. The van der Waals surface area contributed by atoms with Gasteiger partial charge in [-0.1, -0.05) is 54.6 Å². The second kappa shape index (κ2) is 6.44. The van der Waals surface area contributed by atoms with Gasteiger partial charge in [0.25, 0.3) is 0 Å². The minimum Gasteiger partial charge on any atom is -0.350 e. The summed E-state index contributed by atoms with van der Waals surface area (Å²) in [7, 11) is 0. The number of aromatic nitrogens is 2. The van der Waals surface area contributed by atoms with Gasteiger partial charge in [0.1, 0.15) is 5.56 Å². The van der Waals surface area contributed by atoms with E-state index < -0.39 is 11.7 Å². The van der Waals surface area contributed by atoms with E-state index in [0.29, 0.717) is 25.1 Å². The molecule has 0 atom stereocenters. The highest BCUT2D eigenvalue weighted by atomic mass is 19.4. The Kier molecular flexibility index (Phi) is 4.11. The maximum absolute atomic E-state index is 13.7. The smallest absolute Gasteiger partial charge is 0.350 e. The third-order valence-electron chi connectivity index (χ3n) is 4.58. The molecule has 0 N–H and O–H groups in total. The summed E-state index contributed by atoms with van der Waals surface area (Å²) in [6.07, 6.45) is -3.80. The molecule has 2 heterocycles. The van der Waals surface area contributed by atoms with Gasteiger partial charge in [0.2, 0.25) is 0 Å². The molecule has 0 bridgehead atoms. The first kappa shape index (κ1) is 16.6. The van der Waals surface area contributed by atoms with Crippen molar-refractivity contribution in [3.8, 4) is 11.3 Å². The number of alkyl halides is 3. The van der Waals surface area contributed by atoms with E-state index in [-0.39, 0.29) is 11.5 Å². The Labute approximate surface area is 149 Å². The van der Waals surface area contributed by atoms with E-state index >= 15 is 0 Å². The highest BCUT2D eigenvalue weighted by molar-refractivity contribution is 5.63. The van der Waals surface area contributed by atoms with E-state index in [9.17, 15) is 13.2 Å². The van der Waals surface area contributed by atoms with Gasteiger partial charge in [-0.2, -0.15) is 13.2 Å². The Morgan fingerprint density at radius 1 is 0.846 bits per heavy atom. The number of anilines is 1. The van der Waals surface area contributed by atoms with Gasteiger partial charge in [-0.3, -0.25) is 0 Å². The lowest BCUT2D eigenvalue weighted by Gasteiger charge is -2.31. The van der Waals surface area contributed by atoms with Crippen molar-refractivity contribution in [1.29, 1.82) is 0 Å². The maximum Gasteiger partial charge on any atom is 0.420 e. The Balaban J connectivity index is 1.75. The molecule has 0 fully saturated rings. The van der Waals surface area contributed by atoms with Crippen molar-refractivity contribution in [2.24, 2.45) is 0 Å². The highest BCUT2D eigenvalue weighted by Crippen LogP contribution is 2.38. The van der Waals surface area contributed by atoms with Crippen molar-refractivity contribution in [2.45, 2.75) is 19.1 Å². The average molecular weight is 355 g/mol. The van der Waals surface area contributed by atoms with Crippen LogP contribution in [0.15, 0.2) is 60.7 Å². The number of halogens is 3. The van der Waals surface area contributed by atoms with E-state index in [1.54, 1.807) is 35.2 Å². The van der Waals surface area contributed by atoms with Crippen LogP contribution in [0.3, 0.4) is 0 Å². The van der Waals surface area contributed by atoms with Crippen LogP contribution < -0.4 is 4.90 Å². The molecule has 1 aliphatic rings. The largest absolute Gasteiger partial charge is 0.420 e. The van der Waals surface area contributed by atoms with Crippen LogP contribution >= 0.6 is 0 Å². The lowest BCUT2D eigenvalue weighted by molar-refractivity contribution is -0.137.